The number of piperidine rings is 1. The van der Waals surface area contributed by atoms with Crippen molar-refractivity contribution in [3.63, 3.8) is 0 Å². The van der Waals surface area contributed by atoms with Crippen molar-refractivity contribution in [2.24, 2.45) is 10.9 Å². The Balaban J connectivity index is 0.00000363. The van der Waals surface area contributed by atoms with E-state index in [2.05, 4.69) is 26.9 Å². The molecule has 2 aliphatic heterocycles. The molecule has 3 rings (SSSR count). The molecule has 0 unspecified atom stereocenters. The summed E-state index contributed by atoms with van der Waals surface area (Å²) >= 11 is 0. The number of nitrogens with zero attached hydrogens (tertiary/aromatic N) is 4. The summed E-state index contributed by atoms with van der Waals surface area (Å²) in [6.07, 6.45) is 1.63. The zero-order valence-corrected chi connectivity index (χ0v) is 21.6. The van der Waals surface area contributed by atoms with Crippen molar-refractivity contribution in [3.8, 4) is 0 Å². The Morgan fingerprint density at radius 1 is 1.09 bits per heavy atom. The highest BCUT2D eigenvalue weighted by Crippen LogP contribution is 2.19. The Hall–Kier alpha value is -1.62. The van der Waals surface area contributed by atoms with E-state index in [-0.39, 0.29) is 41.7 Å². The summed E-state index contributed by atoms with van der Waals surface area (Å²) in [6.45, 7) is 12.4. The molecule has 0 amide bonds. The normalized spacial score (nSPS) is 18.3. The number of guanidine groups is 1. The molecule has 9 heteroatoms. The number of aliphatic imine (C=N–C) groups is 1. The van der Waals surface area contributed by atoms with E-state index in [0.29, 0.717) is 6.61 Å². The van der Waals surface area contributed by atoms with Crippen molar-refractivity contribution < 1.29 is 13.9 Å². The van der Waals surface area contributed by atoms with Gasteiger partial charge in [0.2, 0.25) is 0 Å². The van der Waals surface area contributed by atoms with Crippen LogP contribution in [0.1, 0.15) is 26.7 Å². The summed E-state index contributed by atoms with van der Waals surface area (Å²) in [5.41, 5.74) is 1.08. The van der Waals surface area contributed by atoms with Gasteiger partial charge < -0.3 is 19.9 Å². The largest absolute Gasteiger partial charge is 0.466 e. The topological polar surface area (TPSA) is 60.4 Å². The zero-order chi connectivity index (χ0) is 22.1. The highest BCUT2D eigenvalue weighted by Gasteiger charge is 2.27. The molecule has 1 N–H and O–H groups in total. The molecule has 1 aromatic rings. The van der Waals surface area contributed by atoms with Gasteiger partial charge in [0.25, 0.3) is 0 Å². The van der Waals surface area contributed by atoms with Crippen molar-refractivity contribution in [1.82, 2.24) is 15.1 Å². The fraction of sp³-hybridized carbons (Fsp3) is 0.652. The van der Waals surface area contributed by atoms with E-state index >= 15 is 0 Å². The van der Waals surface area contributed by atoms with Gasteiger partial charge in [-0.2, -0.15) is 0 Å². The predicted molar refractivity (Wildman–Crippen MR) is 137 cm³/mol. The molecule has 0 aliphatic carbocycles. The Morgan fingerprint density at radius 2 is 1.75 bits per heavy atom. The number of esters is 1. The van der Waals surface area contributed by atoms with Crippen LogP contribution in [0.25, 0.3) is 0 Å². The molecule has 0 saturated carbocycles. The number of anilines is 1. The standard InChI is InChI=1S/C23H36FN5O2.HI/c1-3-25-23(29-12-9-19(10-13-29)22(30)31-4-2)26-11-14-27-15-17-28(18-16-27)21-7-5-20(24)6-8-21;/h5-8,19H,3-4,9-18H2,1-2H3,(H,25,26);1H. The van der Waals surface area contributed by atoms with Gasteiger partial charge in [-0.1, -0.05) is 0 Å². The molecule has 32 heavy (non-hydrogen) atoms. The monoisotopic (exact) mass is 561 g/mol. The van der Waals surface area contributed by atoms with Crippen LogP contribution in [0.15, 0.2) is 29.3 Å². The second kappa shape index (κ2) is 13.8. The highest BCUT2D eigenvalue weighted by atomic mass is 127. The molecule has 7 nitrogen and oxygen atoms in total. The summed E-state index contributed by atoms with van der Waals surface area (Å²) in [5, 5.41) is 3.39. The van der Waals surface area contributed by atoms with Gasteiger partial charge in [0, 0.05) is 58.0 Å². The fourth-order valence-electron chi connectivity index (χ4n) is 4.19. The van der Waals surface area contributed by atoms with Gasteiger partial charge in [-0.25, -0.2) is 4.39 Å². The van der Waals surface area contributed by atoms with Crippen molar-refractivity contribution >= 4 is 41.6 Å². The first-order valence-electron chi connectivity index (χ1n) is 11.5. The van der Waals surface area contributed by atoms with E-state index in [0.717, 1.165) is 83.4 Å². The second-order valence-corrected chi connectivity index (χ2v) is 8.05. The first-order chi connectivity index (χ1) is 15.1. The molecular weight excluding hydrogens is 524 g/mol. The lowest BCUT2D eigenvalue weighted by atomic mass is 9.97. The average Bonchev–Trinajstić information content (AvgIpc) is 2.80. The molecule has 180 valence electrons. The van der Waals surface area contributed by atoms with Crippen LogP contribution in [-0.4, -0.2) is 87.2 Å². The van der Waals surface area contributed by atoms with Crippen LogP contribution in [0.4, 0.5) is 10.1 Å². The first-order valence-corrected chi connectivity index (χ1v) is 11.5. The van der Waals surface area contributed by atoms with Crippen LogP contribution < -0.4 is 10.2 Å². The summed E-state index contributed by atoms with van der Waals surface area (Å²) in [7, 11) is 0. The van der Waals surface area contributed by atoms with Crippen LogP contribution in [-0.2, 0) is 9.53 Å². The van der Waals surface area contributed by atoms with E-state index in [1.807, 2.05) is 19.1 Å². The maximum Gasteiger partial charge on any atom is 0.309 e. The predicted octanol–water partition coefficient (Wildman–Crippen LogP) is 2.81. The number of hydrogen-bond acceptors (Lipinski definition) is 5. The molecule has 1 aromatic carbocycles. The third-order valence-corrected chi connectivity index (χ3v) is 5.99. The van der Waals surface area contributed by atoms with Crippen LogP contribution >= 0.6 is 24.0 Å². The lowest BCUT2D eigenvalue weighted by molar-refractivity contribution is -0.149. The molecule has 2 fully saturated rings. The molecular formula is C23H37FIN5O2. The number of carbonyl (C=O) groups is 1. The minimum Gasteiger partial charge on any atom is -0.466 e. The SMILES string of the molecule is CCNC(=NCCN1CCN(c2ccc(F)cc2)CC1)N1CCC(C(=O)OCC)CC1.I. The molecule has 0 bridgehead atoms. The Morgan fingerprint density at radius 3 is 2.34 bits per heavy atom. The van der Waals surface area contributed by atoms with Gasteiger partial charge in [0.05, 0.1) is 19.1 Å². The number of ether oxygens (including phenoxy) is 1. The number of nitrogens with one attached hydrogen (secondary N) is 1. The smallest absolute Gasteiger partial charge is 0.309 e. The Kier molecular flexibility index (Phi) is 11.5. The van der Waals surface area contributed by atoms with E-state index in [1.165, 1.54) is 12.1 Å². The number of benzene rings is 1. The van der Waals surface area contributed by atoms with E-state index in [1.54, 1.807) is 0 Å². The van der Waals surface area contributed by atoms with Gasteiger partial charge in [-0.3, -0.25) is 14.7 Å². The quantitative estimate of drug-likeness (QED) is 0.239. The van der Waals surface area contributed by atoms with Crippen LogP contribution in [0.5, 0.6) is 0 Å². The molecule has 0 aromatic heterocycles. The minimum absolute atomic E-state index is 0. The van der Waals surface area contributed by atoms with Gasteiger partial charge in [0.15, 0.2) is 5.96 Å². The van der Waals surface area contributed by atoms with E-state index in [9.17, 15) is 9.18 Å². The van der Waals surface area contributed by atoms with Gasteiger partial charge in [0.1, 0.15) is 5.82 Å². The molecule has 2 heterocycles. The minimum atomic E-state index is -0.193. The molecule has 0 atom stereocenters. The second-order valence-electron chi connectivity index (χ2n) is 8.05. The van der Waals surface area contributed by atoms with Gasteiger partial charge in [-0.15, -0.1) is 24.0 Å². The summed E-state index contributed by atoms with van der Waals surface area (Å²) in [4.78, 5) is 23.8. The van der Waals surface area contributed by atoms with E-state index < -0.39 is 0 Å². The molecule has 2 saturated heterocycles. The maximum absolute atomic E-state index is 13.1. The highest BCUT2D eigenvalue weighted by molar-refractivity contribution is 14.0. The maximum atomic E-state index is 13.1. The number of piperazine rings is 1. The molecule has 0 radical (unpaired) electrons. The third kappa shape index (κ3) is 7.75. The Labute approximate surface area is 208 Å². The molecule has 0 spiro atoms. The van der Waals surface area contributed by atoms with Crippen molar-refractivity contribution in [3.05, 3.63) is 30.1 Å². The van der Waals surface area contributed by atoms with Crippen LogP contribution in [0.2, 0.25) is 0 Å². The van der Waals surface area contributed by atoms with Crippen LogP contribution in [0, 0.1) is 11.7 Å². The van der Waals surface area contributed by atoms with Crippen LogP contribution in [0.3, 0.4) is 0 Å². The average molecular weight is 561 g/mol. The number of halogens is 2. The number of likely N-dealkylation sites (tertiary alicyclic amines) is 1. The van der Waals surface area contributed by atoms with Crippen molar-refractivity contribution in [1.29, 1.82) is 0 Å². The first kappa shape index (κ1) is 26.6. The summed E-state index contributed by atoms with van der Waals surface area (Å²) in [5.74, 6) is 0.692. The Bertz CT molecular complexity index is 718. The van der Waals surface area contributed by atoms with Crippen molar-refractivity contribution in [2.75, 3.05) is 70.4 Å². The van der Waals surface area contributed by atoms with Gasteiger partial charge >= 0.3 is 5.97 Å². The fourth-order valence-corrected chi connectivity index (χ4v) is 4.19. The number of hydrogen-bond donors (Lipinski definition) is 1. The van der Waals surface area contributed by atoms with E-state index in [4.69, 9.17) is 9.73 Å². The van der Waals surface area contributed by atoms with Crippen molar-refractivity contribution in [2.45, 2.75) is 26.7 Å². The lowest BCUT2D eigenvalue weighted by Crippen LogP contribution is -2.48. The molecule has 2 aliphatic rings. The number of carbonyl (C=O) groups excluding carboxylic acids is 1. The van der Waals surface area contributed by atoms with Gasteiger partial charge in [-0.05, 0) is 51.0 Å². The summed E-state index contributed by atoms with van der Waals surface area (Å²) in [6, 6.07) is 6.74. The summed E-state index contributed by atoms with van der Waals surface area (Å²) < 4.78 is 18.3. The zero-order valence-electron chi connectivity index (χ0n) is 19.3. The number of rotatable bonds is 7. The lowest BCUT2D eigenvalue weighted by Gasteiger charge is -2.36. The third-order valence-electron chi connectivity index (χ3n) is 5.99.